The highest BCUT2D eigenvalue weighted by Crippen LogP contribution is 2.44. The summed E-state index contributed by atoms with van der Waals surface area (Å²) < 4.78 is 16.8. The van der Waals surface area contributed by atoms with Crippen molar-refractivity contribution in [3.8, 4) is 17.6 Å². The number of dihydropyridines is 1. The molecule has 2 aromatic rings. The first-order chi connectivity index (χ1) is 21.7. The van der Waals surface area contributed by atoms with Gasteiger partial charge in [0.15, 0.2) is 11.5 Å². The standard InChI is InChI=1S/C35H43Cl2N3O6/c1-20(2)35(19-38,24-13-14-27(44-7)28(17-24)45-8)15-10-16-40(6)18-21(3)46-34(43)30-23(5)39-22(4)29(33(41)42)31(30)25-11-9-12-26(36)32(25)37/h9,11-14,17,20-21,31,39H,10,15-16,18H2,1-8H3,(H,41,42). The molecule has 0 aromatic heterocycles. The van der Waals surface area contributed by atoms with Crippen LogP contribution in [0.4, 0.5) is 0 Å². The molecule has 0 bridgehead atoms. The Hall–Kier alpha value is -3.71. The van der Waals surface area contributed by atoms with E-state index in [9.17, 15) is 20.0 Å². The molecule has 11 heteroatoms. The largest absolute Gasteiger partial charge is 0.493 e. The van der Waals surface area contributed by atoms with Crippen molar-refractivity contribution in [2.45, 2.75) is 64.9 Å². The van der Waals surface area contributed by atoms with Crippen LogP contribution in [0.2, 0.25) is 10.0 Å². The van der Waals surface area contributed by atoms with Crippen LogP contribution in [0.1, 0.15) is 64.5 Å². The summed E-state index contributed by atoms with van der Waals surface area (Å²) in [6.07, 6.45) is 0.802. The van der Waals surface area contributed by atoms with Crippen LogP contribution in [0.25, 0.3) is 0 Å². The predicted octanol–water partition coefficient (Wildman–Crippen LogP) is 7.09. The van der Waals surface area contributed by atoms with Crippen molar-refractivity contribution >= 4 is 35.1 Å². The molecule has 3 unspecified atom stereocenters. The van der Waals surface area contributed by atoms with E-state index in [1.165, 1.54) is 0 Å². The van der Waals surface area contributed by atoms with Gasteiger partial charge in [-0.2, -0.15) is 5.26 Å². The number of nitriles is 1. The smallest absolute Gasteiger partial charge is 0.337 e. The number of aliphatic carboxylic acids is 1. The number of hydrogen-bond donors (Lipinski definition) is 2. The van der Waals surface area contributed by atoms with E-state index >= 15 is 0 Å². The van der Waals surface area contributed by atoms with E-state index < -0.39 is 29.4 Å². The minimum atomic E-state index is -1.18. The molecule has 1 aliphatic rings. The van der Waals surface area contributed by atoms with Crippen LogP contribution in [-0.4, -0.2) is 62.4 Å². The van der Waals surface area contributed by atoms with Crippen molar-refractivity contribution in [1.82, 2.24) is 10.2 Å². The summed E-state index contributed by atoms with van der Waals surface area (Å²) in [5.74, 6) is -1.58. The number of carbonyl (C=O) groups excluding carboxylic acids is 1. The summed E-state index contributed by atoms with van der Waals surface area (Å²) in [7, 11) is 5.08. The molecule has 9 nitrogen and oxygen atoms in total. The van der Waals surface area contributed by atoms with E-state index in [1.54, 1.807) is 53.2 Å². The van der Waals surface area contributed by atoms with Crippen molar-refractivity contribution < 1.29 is 28.9 Å². The lowest BCUT2D eigenvalue weighted by molar-refractivity contribution is -0.144. The number of ether oxygens (including phenoxy) is 3. The Balaban J connectivity index is 1.74. The third-order valence-corrected chi connectivity index (χ3v) is 9.41. The van der Waals surface area contributed by atoms with E-state index in [4.69, 9.17) is 37.4 Å². The second-order valence-corrected chi connectivity index (χ2v) is 12.8. The van der Waals surface area contributed by atoms with Crippen LogP contribution in [0.3, 0.4) is 0 Å². The molecule has 248 valence electrons. The minimum Gasteiger partial charge on any atom is -0.493 e. The molecule has 0 saturated heterocycles. The van der Waals surface area contributed by atoms with Gasteiger partial charge in [-0.15, -0.1) is 0 Å². The zero-order valence-electron chi connectivity index (χ0n) is 27.7. The number of methoxy groups -OCH3 is 2. The van der Waals surface area contributed by atoms with Gasteiger partial charge in [-0.1, -0.05) is 55.2 Å². The number of nitrogens with zero attached hydrogens (tertiary/aromatic N) is 2. The minimum absolute atomic E-state index is 0.00732. The van der Waals surface area contributed by atoms with E-state index in [0.29, 0.717) is 54.4 Å². The number of carbonyl (C=O) groups is 2. The highest BCUT2D eigenvalue weighted by Gasteiger charge is 2.39. The summed E-state index contributed by atoms with van der Waals surface area (Å²) >= 11 is 12.8. The average molecular weight is 673 g/mol. The molecule has 0 spiro atoms. The maximum Gasteiger partial charge on any atom is 0.337 e. The van der Waals surface area contributed by atoms with Gasteiger partial charge in [0.1, 0.15) is 6.10 Å². The molecule has 0 radical (unpaired) electrons. The van der Waals surface area contributed by atoms with Gasteiger partial charge in [0.05, 0.1) is 52.8 Å². The van der Waals surface area contributed by atoms with Crippen molar-refractivity contribution in [2.24, 2.45) is 5.92 Å². The molecular formula is C35H43Cl2N3O6. The van der Waals surface area contributed by atoms with Gasteiger partial charge in [0.25, 0.3) is 0 Å². The van der Waals surface area contributed by atoms with Crippen LogP contribution < -0.4 is 14.8 Å². The molecule has 0 amide bonds. The molecule has 3 atom stereocenters. The SMILES string of the molecule is COc1ccc(C(C#N)(CCCN(C)CC(C)OC(=O)C2=C(C)NC(C)=C(C(=O)O)C2c2cccc(Cl)c2Cl)C(C)C)cc1OC. The fraction of sp³-hybridized carbons (Fsp3) is 0.457. The summed E-state index contributed by atoms with van der Waals surface area (Å²) in [5.41, 5.74) is 1.57. The fourth-order valence-electron chi connectivity index (χ4n) is 6.17. The van der Waals surface area contributed by atoms with E-state index in [0.717, 1.165) is 5.56 Å². The first-order valence-corrected chi connectivity index (χ1v) is 15.9. The highest BCUT2D eigenvalue weighted by molar-refractivity contribution is 6.42. The van der Waals surface area contributed by atoms with Crippen molar-refractivity contribution in [2.75, 3.05) is 34.4 Å². The molecule has 0 fully saturated rings. The Morgan fingerprint density at radius 3 is 2.30 bits per heavy atom. The number of esters is 1. The van der Waals surface area contributed by atoms with E-state index in [1.807, 2.05) is 44.0 Å². The number of carboxylic acid groups (broad SMARTS) is 1. The Bertz CT molecular complexity index is 1560. The molecule has 46 heavy (non-hydrogen) atoms. The Labute approximate surface area is 281 Å². The van der Waals surface area contributed by atoms with Gasteiger partial charge < -0.3 is 29.5 Å². The Kier molecular flexibility index (Phi) is 12.6. The van der Waals surface area contributed by atoms with Crippen LogP contribution in [-0.2, 0) is 19.7 Å². The fourth-order valence-corrected chi connectivity index (χ4v) is 6.59. The number of hydrogen-bond acceptors (Lipinski definition) is 8. The molecule has 2 aromatic carbocycles. The number of likely N-dealkylation sites (N-methyl/N-ethyl adjacent to an activating group) is 1. The van der Waals surface area contributed by atoms with Crippen molar-refractivity contribution in [3.63, 3.8) is 0 Å². The predicted molar refractivity (Wildman–Crippen MR) is 179 cm³/mol. The molecule has 1 aliphatic heterocycles. The normalized spacial score (nSPS) is 16.9. The molecule has 0 aliphatic carbocycles. The molecular weight excluding hydrogens is 629 g/mol. The van der Waals surface area contributed by atoms with Crippen molar-refractivity contribution in [1.29, 1.82) is 5.26 Å². The van der Waals surface area contributed by atoms with E-state index in [-0.39, 0.29) is 27.1 Å². The van der Waals surface area contributed by atoms with Gasteiger partial charge in [-0.25, -0.2) is 9.59 Å². The number of allylic oxidation sites excluding steroid dienone is 2. The van der Waals surface area contributed by atoms with E-state index in [2.05, 4.69) is 11.4 Å². The monoisotopic (exact) mass is 671 g/mol. The van der Waals surface area contributed by atoms with Gasteiger partial charge in [-0.3, -0.25) is 0 Å². The summed E-state index contributed by atoms with van der Waals surface area (Å²) in [6.45, 7) is 10.3. The molecule has 1 heterocycles. The maximum absolute atomic E-state index is 13.7. The zero-order chi connectivity index (χ0) is 34.3. The first kappa shape index (κ1) is 36.8. The average Bonchev–Trinajstić information content (AvgIpc) is 2.99. The maximum atomic E-state index is 13.7. The lowest BCUT2D eigenvalue weighted by Gasteiger charge is -2.33. The van der Waals surface area contributed by atoms with Crippen LogP contribution in [0.5, 0.6) is 11.5 Å². The second-order valence-electron chi connectivity index (χ2n) is 12.0. The number of halogens is 2. The summed E-state index contributed by atoms with van der Waals surface area (Å²) in [4.78, 5) is 28.1. The van der Waals surface area contributed by atoms with Gasteiger partial charge >= 0.3 is 11.9 Å². The number of carboxylic acids is 1. The Morgan fingerprint density at radius 2 is 1.72 bits per heavy atom. The summed E-state index contributed by atoms with van der Waals surface area (Å²) in [6, 6.07) is 13.1. The lowest BCUT2D eigenvalue weighted by atomic mass is 9.69. The Morgan fingerprint density at radius 1 is 1.07 bits per heavy atom. The van der Waals surface area contributed by atoms with Crippen LogP contribution in [0.15, 0.2) is 58.9 Å². The van der Waals surface area contributed by atoms with Crippen molar-refractivity contribution in [3.05, 3.63) is 80.1 Å². The number of nitrogens with one attached hydrogen (secondary N) is 1. The molecule has 2 N–H and O–H groups in total. The van der Waals surface area contributed by atoms with Gasteiger partial charge in [0.2, 0.25) is 0 Å². The second kappa shape index (κ2) is 15.7. The quantitative estimate of drug-likeness (QED) is 0.203. The first-order valence-electron chi connectivity index (χ1n) is 15.1. The molecule has 3 rings (SSSR count). The zero-order valence-corrected chi connectivity index (χ0v) is 29.2. The van der Waals surface area contributed by atoms with Crippen LogP contribution in [0, 0.1) is 17.2 Å². The van der Waals surface area contributed by atoms with Gasteiger partial charge in [-0.05, 0) is 82.4 Å². The third kappa shape index (κ3) is 7.80. The van der Waals surface area contributed by atoms with Gasteiger partial charge in [0, 0.05) is 17.9 Å². The number of rotatable bonds is 14. The topological polar surface area (TPSA) is 121 Å². The molecule has 0 saturated carbocycles. The highest BCUT2D eigenvalue weighted by atomic mass is 35.5. The number of benzene rings is 2. The van der Waals surface area contributed by atoms with Crippen LogP contribution >= 0.6 is 23.2 Å². The summed E-state index contributed by atoms with van der Waals surface area (Å²) in [5, 5.41) is 24.0. The lowest BCUT2D eigenvalue weighted by Crippen LogP contribution is -2.36. The third-order valence-electron chi connectivity index (χ3n) is 8.57.